The van der Waals surface area contributed by atoms with E-state index < -0.39 is 0 Å². The highest BCUT2D eigenvalue weighted by atomic mass is 32.1. The number of aromatic nitrogens is 1. The summed E-state index contributed by atoms with van der Waals surface area (Å²) < 4.78 is 5.65. The minimum atomic E-state index is -0.202. The largest absolute Gasteiger partial charge is 0.458 e. The number of nitrogens with one attached hydrogen (secondary N) is 2. The zero-order valence-corrected chi connectivity index (χ0v) is 14.6. The van der Waals surface area contributed by atoms with Gasteiger partial charge in [0.2, 0.25) is 5.91 Å². The number of thiazole rings is 1. The number of anilines is 1. The number of benzene rings is 1. The molecule has 0 fully saturated rings. The fourth-order valence-electron chi connectivity index (χ4n) is 2.14. The van der Waals surface area contributed by atoms with E-state index in [-0.39, 0.29) is 11.8 Å². The van der Waals surface area contributed by atoms with Gasteiger partial charge in [-0.25, -0.2) is 4.98 Å². The number of hydrogen-bond donors (Lipinski definition) is 2. The van der Waals surface area contributed by atoms with Crippen molar-refractivity contribution < 1.29 is 14.0 Å². The molecule has 0 aliphatic carbocycles. The van der Waals surface area contributed by atoms with E-state index in [1.807, 2.05) is 24.4 Å². The predicted octanol–water partition coefficient (Wildman–Crippen LogP) is 3.60. The van der Waals surface area contributed by atoms with Crippen molar-refractivity contribution in [2.24, 2.45) is 0 Å². The second-order valence-corrected chi connectivity index (χ2v) is 6.39. The number of hydrogen-bond acceptors (Lipinski definition) is 5. The Morgan fingerprint density at radius 3 is 2.64 bits per heavy atom. The van der Waals surface area contributed by atoms with Crippen LogP contribution in [0.2, 0.25) is 0 Å². The van der Waals surface area contributed by atoms with E-state index in [9.17, 15) is 9.59 Å². The molecule has 3 rings (SSSR count). The molecule has 0 atom stereocenters. The summed E-state index contributed by atoms with van der Waals surface area (Å²) in [5.41, 5.74) is 2.32. The fraction of sp³-hybridized carbons (Fsp3) is 0.167. The third-order valence-electron chi connectivity index (χ3n) is 3.46. The molecule has 0 radical (unpaired) electrons. The quantitative estimate of drug-likeness (QED) is 0.732. The van der Waals surface area contributed by atoms with Gasteiger partial charge in [0, 0.05) is 17.9 Å². The van der Waals surface area contributed by atoms with E-state index in [1.165, 1.54) is 18.3 Å². The highest BCUT2D eigenvalue weighted by Crippen LogP contribution is 2.27. The van der Waals surface area contributed by atoms with Gasteiger partial charge in [-0.15, -0.1) is 11.3 Å². The first kappa shape index (κ1) is 16.9. The van der Waals surface area contributed by atoms with Gasteiger partial charge in [0.05, 0.1) is 6.54 Å². The molecule has 2 amide bonds. The van der Waals surface area contributed by atoms with Crippen LogP contribution in [0.25, 0.3) is 11.5 Å². The number of aryl methyl sites for hydroxylation is 1. The predicted molar refractivity (Wildman–Crippen MR) is 96.5 cm³/mol. The van der Waals surface area contributed by atoms with E-state index in [4.69, 9.17) is 4.42 Å². The molecule has 2 heterocycles. The van der Waals surface area contributed by atoms with Crippen LogP contribution in [0.1, 0.15) is 28.6 Å². The zero-order valence-electron chi connectivity index (χ0n) is 13.8. The normalized spacial score (nSPS) is 10.5. The van der Waals surface area contributed by atoms with Gasteiger partial charge in [-0.3, -0.25) is 14.9 Å². The molecule has 0 saturated heterocycles. The Kier molecular flexibility index (Phi) is 4.95. The summed E-state index contributed by atoms with van der Waals surface area (Å²) in [7, 11) is 0. The van der Waals surface area contributed by atoms with E-state index in [1.54, 1.807) is 24.3 Å². The molecule has 0 bridgehead atoms. The lowest BCUT2D eigenvalue weighted by molar-refractivity contribution is -0.119. The van der Waals surface area contributed by atoms with Crippen LogP contribution < -0.4 is 10.6 Å². The third kappa shape index (κ3) is 4.33. The van der Waals surface area contributed by atoms with Crippen molar-refractivity contribution in [2.45, 2.75) is 20.4 Å². The molecule has 128 valence electrons. The molecule has 3 aromatic rings. The molecular formula is C18H17N3O3S. The van der Waals surface area contributed by atoms with Gasteiger partial charge in [0.25, 0.3) is 5.91 Å². The Bertz CT molecular complexity index is 896. The van der Waals surface area contributed by atoms with Crippen molar-refractivity contribution in [1.29, 1.82) is 0 Å². The summed E-state index contributed by atoms with van der Waals surface area (Å²) in [6.45, 7) is 3.75. The summed E-state index contributed by atoms with van der Waals surface area (Å²) >= 11 is 1.33. The number of amides is 2. The standard InChI is InChI=1S/C18H17N3O3S/c1-11-3-5-13(6-4-11)17(23)21-18-20-15(10-25-18)16-8-7-14(24-16)9-19-12(2)22/h3-8,10H,9H2,1-2H3,(H,19,22)(H,20,21,23). The summed E-state index contributed by atoms with van der Waals surface area (Å²) in [6, 6.07) is 10.9. The summed E-state index contributed by atoms with van der Waals surface area (Å²) in [5, 5.41) is 7.77. The van der Waals surface area contributed by atoms with Crippen molar-refractivity contribution in [3.8, 4) is 11.5 Å². The SMILES string of the molecule is CC(=O)NCc1ccc(-c2csc(NC(=O)c3ccc(C)cc3)n2)o1. The summed E-state index contributed by atoms with van der Waals surface area (Å²) in [6.07, 6.45) is 0. The average molecular weight is 355 g/mol. The minimum absolute atomic E-state index is 0.118. The minimum Gasteiger partial charge on any atom is -0.458 e. The molecule has 7 heteroatoms. The summed E-state index contributed by atoms with van der Waals surface area (Å²) in [5.74, 6) is 0.912. The number of carbonyl (C=O) groups is 2. The maximum Gasteiger partial charge on any atom is 0.257 e. The van der Waals surface area contributed by atoms with Crippen molar-refractivity contribution in [1.82, 2.24) is 10.3 Å². The van der Waals surface area contributed by atoms with Crippen LogP contribution >= 0.6 is 11.3 Å². The molecule has 0 saturated carbocycles. The Labute approximate surface area is 148 Å². The first-order chi connectivity index (χ1) is 12.0. The molecule has 2 N–H and O–H groups in total. The topological polar surface area (TPSA) is 84.2 Å². The molecule has 0 aliphatic heterocycles. The van der Waals surface area contributed by atoms with Crippen molar-refractivity contribution in [3.63, 3.8) is 0 Å². The Balaban J connectivity index is 1.67. The van der Waals surface area contributed by atoms with Gasteiger partial charge < -0.3 is 9.73 Å². The van der Waals surface area contributed by atoms with Crippen LogP contribution in [0.3, 0.4) is 0 Å². The van der Waals surface area contributed by atoms with Crippen LogP contribution in [0.5, 0.6) is 0 Å². The molecule has 6 nitrogen and oxygen atoms in total. The van der Waals surface area contributed by atoms with Crippen LogP contribution in [0.15, 0.2) is 46.2 Å². The fourth-order valence-corrected chi connectivity index (χ4v) is 2.84. The maximum absolute atomic E-state index is 12.2. The molecule has 25 heavy (non-hydrogen) atoms. The monoisotopic (exact) mass is 355 g/mol. The van der Waals surface area contributed by atoms with Gasteiger partial charge in [-0.05, 0) is 31.2 Å². The zero-order chi connectivity index (χ0) is 17.8. The van der Waals surface area contributed by atoms with Gasteiger partial charge in [0.1, 0.15) is 11.5 Å². The smallest absolute Gasteiger partial charge is 0.257 e. The second kappa shape index (κ2) is 7.31. The van der Waals surface area contributed by atoms with Crippen LogP contribution in [-0.4, -0.2) is 16.8 Å². The lowest BCUT2D eigenvalue weighted by atomic mass is 10.1. The lowest BCUT2D eigenvalue weighted by Gasteiger charge is -2.01. The first-order valence-corrected chi connectivity index (χ1v) is 8.56. The maximum atomic E-state index is 12.2. The van der Waals surface area contributed by atoms with Gasteiger partial charge >= 0.3 is 0 Å². The Morgan fingerprint density at radius 2 is 1.92 bits per heavy atom. The third-order valence-corrected chi connectivity index (χ3v) is 4.22. The Morgan fingerprint density at radius 1 is 1.16 bits per heavy atom. The highest BCUT2D eigenvalue weighted by molar-refractivity contribution is 7.14. The van der Waals surface area contributed by atoms with Crippen LogP contribution in [0.4, 0.5) is 5.13 Å². The molecule has 1 aromatic carbocycles. The number of nitrogens with zero attached hydrogens (tertiary/aromatic N) is 1. The molecule has 0 spiro atoms. The molecular weight excluding hydrogens is 338 g/mol. The van der Waals surface area contributed by atoms with E-state index >= 15 is 0 Å². The van der Waals surface area contributed by atoms with Crippen molar-refractivity contribution in [2.75, 3.05) is 5.32 Å². The first-order valence-electron chi connectivity index (χ1n) is 7.68. The molecule has 0 unspecified atom stereocenters. The second-order valence-electron chi connectivity index (χ2n) is 5.53. The lowest BCUT2D eigenvalue weighted by Crippen LogP contribution is -2.18. The van der Waals surface area contributed by atoms with Gasteiger partial charge in [0.15, 0.2) is 10.9 Å². The van der Waals surface area contributed by atoms with E-state index in [0.29, 0.717) is 34.5 Å². The van der Waals surface area contributed by atoms with Crippen molar-refractivity contribution >= 4 is 28.3 Å². The van der Waals surface area contributed by atoms with Gasteiger partial charge in [-0.1, -0.05) is 17.7 Å². The van der Waals surface area contributed by atoms with Crippen molar-refractivity contribution in [3.05, 3.63) is 58.7 Å². The van der Waals surface area contributed by atoms with E-state index in [2.05, 4.69) is 15.6 Å². The highest BCUT2D eigenvalue weighted by Gasteiger charge is 2.12. The average Bonchev–Trinajstić information content (AvgIpc) is 3.22. The van der Waals surface area contributed by atoms with E-state index in [0.717, 1.165) is 5.56 Å². The molecule has 2 aromatic heterocycles. The Hall–Kier alpha value is -2.93. The number of carbonyl (C=O) groups excluding carboxylic acids is 2. The number of furan rings is 1. The summed E-state index contributed by atoms with van der Waals surface area (Å²) in [4.78, 5) is 27.5. The number of rotatable bonds is 5. The van der Waals surface area contributed by atoms with Crippen LogP contribution in [0, 0.1) is 6.92 Å². The van der Waals surface area contributed by atoms with Gasteiger partial charge in [-0.2, -0.15) is 0 Å². The van der Waals surface area contributed by atoms with Crippen LogP contribution in [-0.2, 0) is 11.3 Å². The molecule has 0 aliphatic rings.